The number of carbonyl (C=O) groups is 2. The summed E-state index contributed by atoms with van der Waals surface area (Å²) in [4.78, 5) is 36.0. The highest BCUT2D eigenvalue weighted by molar-refractivity contribution is 5.96. The summed E-state index contributed by atoms with van der Waals surface area (Å²) in [6.07, 6.45) is 0. The number of methoxy groups -OCH3 is 1. The van der Waals surface area contributed by atoms with E-state index in [1.807, 2.05) is 6.92 Å². The second-order valence-corrected chi connectivity index (χ2v) is 6.25. The molecule has 1 heterocycles. The smallest absolute Gasteiger partial charge is 0.336 e. The van der Waals surface area contributed by atoms with Gasteiger partial charge >= 0.3 is 11.6 Å². The molecule has 0 atom stereocenters. The zero-order valence-electron chi connectivity index (χ0n) is 16.6. The Morgan fingerprint density at radius 1 is 1.03 bits per heavy atom. The lowest BCUT2D eigenvalue weighted by Gasteiger charge is -2.09. The molecule has 8 nitrogen and oxygen atoms in total. The molecule has 8 heteroatoms. The Balaban J connectivity index is 1.58. The molecular weight excluding hydrogens is 390 g/mol. The zero-order valence-corrected chi connectivity index (χ0v) is 16.6. The maximum atomic E-state index is 12.1. The van der Waals surface area contributed by atoms with Crippen molar-refractivity contribution in [3.8, 4) is 11.5 Å². The SMILES string of the molecule is CCOc1ccc(C(=O)NCC(=O)OCc2cc(=O)oc3cc(OC)ccc23)cc1. The van der Waals surface area contributed by atoms with Crippen LogP contribution >= 0.6 is 0 Å². The van der Waals surface area contributed by atoms with Crippen molar-refractivity contribution < 1.29 is 28.2 Å². The van der Waals surface area contributed by atoms with Gasteiger partial charge in [0.05, 0.1) is 13.7 Å². The Morgan fingerprint density at radius 3 is 2.47 bits per heavy atom. The van der Waals surface area contributed by atoms with Crippen molar-refractivity contribution in [2.24, 2.45) is 0 Å². The molecule has 2 aromatic carbocycles. The summed E-state index contributed by atoms with van der Waals surface area (Å²) in [7, 11) is 1.51. The van der Waals surface area contributed by atoms with Crippen LogP contribution in [-0.2, 0) is 16.1 Å². The maximum absolute atomic E-state index is 12.1. The highest BCUT2D eigenvalue weighted by atomic mass is 16.5. The van der Waals surface area contributed by atoms with E-state index < -0.39 is 17.5 Å². The Hall–Kier alpha value is -3.81. The first-order valence-corrected chi connectivity index (χ1v) is 9.27. The number of amides is 1. The molecule has 0 bridgehead atoms. The van der Waals surface area contributed by atoms with Crippen LogP contribution in [0.3, 0.4) is 0 Å². The van der Waals surface area contributed by atoms with Gasteiger partial charge in [0, 0.05) is 28.6 Å². The summed E-state index contributed by atoms with van der Waals surface area (Å²) in [6.45, 7) is 1.96. The Labute approximate surface area is 172 Å². The average Bonchev–Trinajstić information content (AvgIpc) is 2.75. The maximum Gasteiger partial charge on any atom is 0.336 e. The monoisotopic (exact) mass is 411 g/mol. The number of rotatable bonds is 8. The van der Waals surface area contributed by atoms with Crippen molar-refractivity contribution in [3.05, 3.63) is 70.1 Å². The number of fused-ring (bicyclic) bond motifs is 1. The number of nitrogens with one attached hydrogen (secondary N) is 1. The van der Waals surface area contributed by atoms with Gasteiger partial charge in [-0.3, -0.25) is 9.59 Å². The fraction of sp³-hybridized carbons (Fsp3) is 0.227. The number of ether oxygens (including phenoxy) is 3. The van der Waals surface area contributed by atoms with Gasteiger partial charge in [-0.1, -0.05) is 0 Å². The van der Waals surface area contributed by atoms with Gasteiger partial charge in [-0.05, 0) is 43.3 Å². The van der Waals surface area contributed by atoms with Crippen molar-refractivity contribution >= 4 is 22.8 Å². The van der Waals surface area contributed by atoms with Gasteiger partial charge < -0.3 is 23.9 Å². The van der Waals surface area contributed by atoms with Crippen LogP contribution in [0.2, 0.25) is 0 Å². The molecule has 0 saturated carbocycles. The van der Waals surface area contributed by atoms with E-state index in [-0.39, 0.29) is 13.2 Å². The molecule has 0 aliphatic carbocycles. The van der Waals surface area contributed by atoms with Crippen LogP contribution in [0.25, 0.3) is 11.0 Å². The second-order valence-electron chi connectivity index (χ2n) is 6.25. The van der Waals surface area contributed by atoms with Gasteiger partial charge in [-0.25, -0.2) is 4.79 Å². The first-order chi connectivity index (χ1) is 14.5. The quantitative estimate of drug-likeness (QED) is 0.449. The standard InChI is InChI=1S/C22H21NO7/c1-3-28-16-6-4-14(5-7-16)22(26)23-12-21(25)29-13-15-10-20(24)30-19-11-17(27-2)8-9-18(15)19/h4-11H,3,12-13H2,1-2H3,(H,23,26). The van der Waals surface area contributed by atoms with E-state index in [9.17, 15) is 14.4 Å². The topological polar surface area (TPSA) is 104 Å². The van der Waals surface area contributed by atoms with Gasteiger partial charge in [0.15, 0.2) is 0 Å². The van der Waals surface area contributed by atoms with Gasteiger partial charge in [0.2, 0.25) is 0 Å². The minimum atomic E-state index is -0.635. The largest absolute Gasteiger partial charge is 0.497 e. The van der Waals surface area contributed by atoms with Crippen molar-refractivity contribution in [1.82, 2.24) is 5.32 Å². The van der Waals surface area contributed by atoms with E-state index >= 15 is 0 Å². The summed E-state index contributed by atoms with van der Waals surface area (Å²) in [5.74, 6) is 0.152. The van der Waals surface area contributed by atoms with E-state index in [1.54, 1.807) is 42.5 Å². The van der Waals surface area contributed by atoms with E-state index in [0.29, 0.717) is 40.2 Å². The number of hydrogen-bond acceptors (Lipinski definition) is 7. The number of hydrogen-bond donors (Lipinski definition) is 1. The van der Waals surface area contributed by atoms with Crippen LogP contribution in [0.1, 0.15) is 22.8 Å². The van der Waals surface area contributed by atoms with Crippen molar-refractivity contribution in [2.45, 2.75) is 13.5 Å². The molecule has 3 rings (SSSR count). The third-order valence-electron chi connectivity index (χ3n) is 4.25. The molecule has 1 N–H and O–H groups in total. The van der Waals surface area contributed by atoms with Gasteiger partial charge in [0.25, 0.3) is 5.91 Å². The predicted octanol–water partition coefficient (Wildman–Crippen LogP) is 2.67. The summed E-state index contributed by atoms with van der Waals surface area (Å²) in [5.41, 5.74) is 0.657. The third-order valence-corrected chi connectivity index (χ3v) is 4.25. The molecule has 3 aromatic rings. The number of carbonyl (C=O) groups excluding carboxylic acids is 2. The summed E-state index contributed by atoms with van der Waals surface area (Å²) in [6, 6.07) is 12.8. The minimum Gasteiger partial charge on any atom is -0.497 e. The highest BCUT2D eigenvalue weighted by Crippen LogP contribution is 2.23. The predicted molar refractivity (Wildman–Crippen MR) is 109 cm³/mol. The van der Waals surface area contributed by atoms with Crippen molar-refractivity contribution in [2.75, 3.05) is 20.3 Å². The Morgan fingerprint density at radius 2 is 1.77 bits per heavy atom. The minimum absolute atomic E-state index is 0.133. The van der Waals surface area contributed by atoms with Crippen LogP contribution in [0, 0.1) is 0 Å². The molecule has 0 unspecified atom stereocenters. The molecule has 156 valence electrons. The average molecular weight is 411 g/mol. The van der Waals surface area contributed by atoms with Gasteiger partial charge in [-0.2, -0.15) is 0 Å². The van der Waals surface area contributed by atoms with E-state index in [0.717, 1.165) is 0 Å². The highest BCUT2D eigenvalue weighted by Gasteiger charge is 2.12. The Bertz CT molecular complexity index is 1100. The first kappa shape index (κ1) is 20.9. The first-order valence-electron chi connectivity index (χ1n) is 9.27. The fourth-order valence-electron chi connectivity index (χ4n) is 2.79. The van der Waals surface area contributed by atoms with Crippen LogP contribution < -0.4 is 20.4 Å². The van der Waals surface area contributed by atoms with Crippen molar-refractivity contribution in [3.63, 3.8) is 0 Å². The molecular formula is C22H21NO7. The van der Waals surface area contributed by atoms with Crippen LogP contribution in [0.15, 0.2) is 57.7 Å². The molecule has 30 heavy (non-hydrogen) atoms. The summed E-state index contributed by atoms with van der Waals surface area (Å²) < 4.78 is 20.8. The molecule has 0 fully saturated rings. The molecule has 0 aliphatic heterocycles. The summed E-state index contributed by atoms with van der Waals surface area (Å²) >= 11 is 0. The molecule has 1 aromatic heterocycles. The van der Waals surface area contributed by atoms with Crippen LogP contribution in [0.4, 0.5) is 0 Å². The van der Waals surface area contributed by atoms with E-state index in [2.05, 4.69) is 5.32 Å². The number of esters is 1. The normalized spacial score (nSPS) is 10.5. The lowest BCUT2D eigenvalue weighted by atomic mass is 10.1. The lowest BCUT2D eigenvalue weighted by Crippen LogP contribution is -2.30. The van der Waals surface area contributed by atoms with Gasteiger partial charge in [0.1, 0.15) is 30.2 Å². The Kier molecular flexibility index (Phi) is 6.69. The molecule has 0 radical (unpaired) electrons. The van der Waals surface area contributed by atoms with Crippen LogP contribution in [-0.4, -0.2) is 32.1 Å². The third kappa shape index (κ3) is 5.16. The van der Waals surface area contributed by atoms with Crippen LogP contribution in [0.5, 0.6) is 11.5 Å². The van der Waals surface area contributed by atoms with E-state index in [1.165, 1.54) is 13.2 Å². The van der Waals surface area contributed by atoms with Gasteiger partial charge in [-0.15, -0.1) is 0 Å². The molecule has 1 amide bonds. The fourth-order valence-corrected chi connectivity index (χ4v) is 2.79. The zero-order chi connectivity index (χ0) is 21.5. The van der Waals surface area contributed by atoms with Crippen molar-refractivity contribution in [1.29, 1.82) is 0 Å². The molecule has 0 aliphatic rings. The summed E-state index contributed by atoms with van der Waals surface area (Å²) in [5, 5.41) is 3.13. The number of benzene rings is 2. The molecule has 0 saturated heterocycles. The second kappa shape index (κ2) is 9.60. The lowest BCUT2D eigenvalue weighted by molar-refractivity contribution is -0.143. The van der Waals surface area contributed by atoms with E-state index in [4.69, 9.17) is 18.6 Å². The molecule has 0 spiro atoms.